The summed E-state index contributed by atoms with van der Waals surface area (Å²) < 4.78 is 12.9. The van der Waals surface area contributed by atoms with Gasteiger partial charge in [0.15, 0.2) is 0 Å². The Labute approximate surface area is 109 Å². The fourth-order valence-electron chi connectivity index (χ4n) is 1.49. The van der Waals surface area contributed by atoms with Crippen molar-refractivity contribution in [3.05, 3.63) is 58.0 Å². The van der Waals surface area contributed by atoms with Crippen LogP contribution in [0.3, 0.4) is 0 Å². The maximum atomic E-state index is 12.9. The Balaban J connectivity index is 2.03. The molecule has 0 saturated carbocycles. The first-order valence-electron chi connectivity index (χ1n) is 5.44. The summed E-state index contributed by atoms with van der Waals surface area (Å²) in [7, 11) is 0. The molecule has 0 spiro atoms. The molecule has 2 aromatic rings. The first kappa shape index (κ1) is 12.5. The van der Waals surface area contributed by atoms with E-state index >= 15 is 0 Å². The van der Waals surface area contributed by atoms with Gasteiger partial charge in [-0.2, -0.15) is 0 Å². The quantitative estimate of drug-likeness (QED) is 0.835. The average Bonchev–Trinajstić information content (AvgIpc) is 2.83. The van der Waals surface area contributed by atoms with E-state index in [-0.39, 0.29) is 11.7 Å². The molecule has 92 valence electrons. The topological polar surface area (TPSA) is 29.1 Å². The average molecular weight is 261 g/mol. The number of nitrogens with one attached hydrogen (secondary N) is 1. The van der Waals surface area contributed by atoms with Gasteiger partial charge in [-0.3, -0.25) is 4.79 Å². The Bertz CT molecular complexity index is 575. The molecule has 4 heteroatoms. The van der Waals surface area contributed by atoms with Gasteiger partial charge < -0.3 is 5.32 Å². The molecule has 1 N–H and O–H groups in total. The number of hydrogen-bond donors (Lipinski definition) is 1. The van der Waals surface area contributed by atoms with Gasteiger partial charge >= 0.3 is 0 Å². The van der Waals surface area contributed by atoms with E-state index in [4.69, 9.17) is 0 Å². The van der Waals surface area contributed by atoms with E-state index in [9.17, 15) is 9.18 Å². The number of halogens is 1. The highest BCUT2D eigenvalue weighted by Crippen LogP contribution is 2.16. The molecule has 0 aliphatic carbocycles. The summed E-state index contributed by atoms with van der Waals surface area (Å²) >= 11 is 1.56. The fraction of sp³-hybridized carbons (Fsp3) is 0.0714. The van der Waals surface area contributed by atoms with Crippen LogP contribution in [-0.2, 0) is 4.79 Å². The molecule has 0 unspecified atom stereocenters. The summed E-state index contributed by atoms with van der Waals surface area (Å²) in [5.74, 6) is -0.530. The van der Waals surface area contributed by atoms with Crippen LogP contribution in [0.1, 0.15) is 10.4 Å². The molecule has 2 nitrogen and oxygen atoms in total. The zero-order chi connectivity index (χ0) is 13.0. The lowest BCUT2D eigenvalue weighted by molar-refractivity contribution is -0.111. The van der Waals surface area contributed by atoms with E-state index in [0.29, 0.717) is 11.3 Å². The second-order valence-electron chi connectivity index (χ2n) is 3.80. The Hall–Kier alpha value is -1.94. The summed E-state index contributed by atoms with van der Waals surface area (Å²) in [6, 6.07) is 8.12. The van der Waals surface area contributed by atoms with Gasteiger partial charge in [-0.1, -0.05) is 6.07 Å². The second-order valence-corrected chi connectivity index (χ2v) is 4.78. The molecule has 1 aromatic carbocycles. The Morgan fingerprint density at radius 2 is 2.22 bits per heavy atom. The van der Waals surface area contributed by atoms with Crippen LogP contribution in [0, 0.1) is 12.7 Å². The van der Waals surface area contributed by atoms with Gasteiger partial charge in [-0.25, -0.2) is 4.39 Å². The van der Waals surface area contributed by atoms with Crippen molar-refractivity contribution >= 4 is 29.0 Å². The van der Waals surface area contributed by atoms with Crippen LogP contribution in [0.4, 0.5) is 10.1 Å². The first-order chi connectivity index (χ1) is 8.65. The summed E-state index contributed by atoms with van der Waals surface area (Å²) in [5, 5.41) is 4.66. The van der Waals surface area contributed by atoms with E-state index in [1.54, 1.807) is 30.4 Å². The van der Waals surface area contributed by atoms with Crippen LogP contribution in [-0.4, -0.2) is 5.91 Å². The minimum absolute atomic E-state index is 0.224. The van der Waals surface area contributed by atoms with Gasteiger partial charge in [0.25, 0.3) is 0 Å². The number of thiophene rings is 1. The number of anilines is 1. The van der Waals surface area contributed by atoms with Crippen LogP contribution in [0.25, 0.3) is 6.08 Å². The molecule has 0 saturated heterocycles. The lowest BCUT2D eigenvalue weighted by atomic mass is 10.2. The number of carbonyl (C=O) groups is 1. The SMILES string of the molecule is Cc1cc(F)ccc1NC(=O)C=Cc1cccs1. The predicted molar refractivity (Wildman–Crippen MR) is 73.1 cm³/mol. The van der Waals surface area contributed by atoms with Crippen molar-refractivity contribution in [2.75, 3.05) is 5.32 Å². The number of benzene rings is 1. The molecule has 0 bridgehead atoms. The molecule has 18 heavy (non-hydrogen) atoms. The lowest BCUT2D eigenvalue weighted by Crippen LogP contribution is -2.08. The number of hydrogen-bond acceptors (Lipinski definition) is 2. The molecule has 2 rings (SSSR count). The van der Waals surface area contributed by atoms with Crippen molar-refractivity contribution in [3.63, 3.8) is 0 Å². The molecule has 0 aliphatic heterocycles. The molecule has 1 aromatic heterocycles. The van der Waals surface area contributed by atoms with Gasteiger partial charge in [0.1, 0.15) is 5.82 Å². The van der Waals surface area contributed by atoms with E-state index in [2.05, 4.69) is 5.32 Å². The third kappa shape index (κ3) is 3.28. The van der Waals surface area contributed by atoms with E-state index < -0.39 is 0 Å². The molecule has 0 aliphatic rings. The molecule has 0 atom stereocenters. The monoisotopic (exact) mass is 261 g/mol. The van der Waals surface area contributed by atoms with Crippen molar-refractivity contribution < 1.29 is 9.18 Å². The van der Waals surface area contributed by atoms with Crippen molar-refractivity contribution in [1.29, 1.82) is 0 Å². The minimum atomic E-state index is -0.306. The fourth-order valence-corrected chi connectivity index (χ4v) is 2.10. The van der Waals surface area contributed by atoms with Gasteiger partial charge in [0.2, 0.25) is 5.91 Å². The van der Waals surface area contributed by atoms with E-state index in [0.717, 1.165) is 4.88 Å². The highest BCUT2D eigenvalue weighted by Gasteiger charge is 2.02. The third-order valence-corrected chi connectivity index (χ3v) is 3.23. The Kier molecular flexibility index (Phi) is 3.89. The highest BCUT2D eigenvalue weighted by atomic mass is 32.1. The van der Waals surface area contributed by atoms with Gasteiger partial charge in [-0.15, -0.1) is 11.3 Å². The first-order valence-corrected chi connectivity index (χ1v) is 6.32. The number of aryl methyl sites for hydroxylation is 1. The molecule has 1 heterocycles. The lowest BCUT2D eigenvalue weighted by Gasteiger charge is -2.05. The summed E-state index contributed by atoms with van der Waals surface area (Å²) in [6.45, 7) is 1.75. The van der Waals surface area contributed by atoms with Crippen molar-refractivity contribution in [2.24, 2.45) is 0 Å². The summed E-state index contributed by atoms with van der Waals surface area (Å²) in [5.41, 5.74) is 1.32. The number of carbonyl (C=O) groups excluding carboxylic acids is 1. The summed E-state index contributed by atoms with van der Waals surface area (Å²) in [4.78, 5) is 12.7. The van der Waals surface area contributed by atoms with Crippen LogP contribution < -0.4 is 5.32 Å². The van der Waals surface area contributed by atoms with Crippen LogP contribution in [0.15, 0.2) is 41.8 Å². The highest BCUT2D eigenvalue weighted by molar-refractivity contribution is 7.10. The van der Waals surface area contributed by atoms with E-state index in [1.807, 2.05) is 17.5 Å². The van der Waals surface area contributed by atoms with Crippen molar-refractivity contribution in [2.45, 2.75) is 6.92 Å². The Morgan fingerprint density at radius 3 is 2.89 bits per heavy atom. The zero-order valence-electron chi connectivity index (χ0n) is 9.81. The molecule has 0 radical (unpaired) electrons. The molecular weight excluding hydrogens is 249 g/mol. The second kappa shape index (κ2) is 5.60. The predicted octanol–water partition coefficient (Wildman–Crippen LogP) is 3.85. The van der Waals surface area contributed by atoms with E-state index in [1.165, 1.54) is 18.2 Å². The van der Waals surface area contributed by atoms with Crippen molar-refractivity contribution in [3.8, 4) is 0 Å². The summed E-state index contributed by atoms with van der Waals surface area (Å²) in [6.07, 6.45) is 3.22. The largest absolute Gasteiger partial charge is 0.322 e. The van der Waals surface area contributed by atoms with Gasteiger partial charge in [0.05, 0.1) is 0 Å². The Morgan fingerprint density at radius 1 is 1.39 bits per heavy atom. The van der Waals surface area contributed by atoms with Gasteiger partial charge in [-0.05, 0) is 48.2 Å². The zero-order valence-corrected chi connectivity index (χ0v) is 10.6. The van der Waals surface area contributed by atoms with Crippen LogP contribution >= 0.6 is 11.3 Å². The number of amides is 1. The molecule has 0 fully saturated rings. The van der Waals surface area contributed by atoms with Crippen LogP contribution in [0.2, 0.25) is 0 Å². The molecule has 1 amide bonds. The van der Waals surface area contributed by atoms with Crippen molar-refractivity contribution in [1.82, 2.24) is 0 Å². The van der Waals surface area contributed by atoms with Crippen LogP contribution in [0.5, 0.6) is 0 Å². The standard InChI is InChI=1S/C14H12FNOS/c1-10-9-11(15)4-6-13(10)16-14(17)7-5-12-3-2-8-18-12/h2-9H,1H3,(H,16,17). The molecular formula is C14H12FNOS. The smallest absolute Gasteiger partial charge is 0.248 e. The normalized spacial score (nSPS) is 10.8. The number of rotatable bonds is 3. The third-order valence-electron chi connectivity index (χ3n) is 2.39. The van der Waals surface area contributed by atoms with Gasteiger partial charge in [0, 0.05) is 16.6 Å². The maximum Gasteiger partial charge on any atom is 0.248 e. The maximum absolute atomic E-state index is 12.9. The minimum Gasteiger partial charge on any atom is -0.322 e.